The van der Waals surface area contributed by atoms with Gasteiger partial charge < -0.3 is 14.2 Å². The zero-order valence-electron chi connectivity index (χ0n) is 22.5. The smallest absolute Gasteiger partial charge is 0.339 e. The molecule has 2 heterocycles. The van der Waals surface area contributed by atoms with Crippen LogP contribution in [0.1, 0.15) is 46.6 Å². The Kier molecular flexibility index (Phi) is 6.99. The molecule has 8 heteroatoms. The third-order valence-corrected chi connectivity index (χ3v) is 7.13. The number of pyridine rings is 1. The Balaban J connectivity index is 1.78. The molecule has 0 radical (unpaired) electrons. The Labute approximate surface area is 219 Å². The van der Waals surface area contributed by atoms with Crippen molar-refractivity contribution in [3.8, 4) is 22.8 Å². The van der Waals surface area contributed by atoms with E-state index in [1.807, 2.05) is 29.7 Å². The van der Waals surface area contributed by atoms with Crippen molar-refractivity contribution in [1.82, 2.24) is 9.38 Å². The summed E-state index contributed by atoms with van der Waals surface area (Å²) in [5.41, 5.74) is 3.34. The second-order valence-corrected chi connectivity index (χ2v) is 12.8. The summed E-state index contributed by atoms with van der Waals surface area (Å²) in [5.74, 6) is 1.26. The van der Waals surface area contributed by atoms with Crippen LogP contribution >= 0.6 is 0 Å². The normalized spacial score (nSPS) is 12.5. The van der Waals surface area contributed by atoms with Gasteiger partial charge in [0.05, 0.1) is 7.11 Å². The lowest BCUT2D eigenvalue weighted by molar-refractivity contribution is 0.302. The number of nitrogens with one attached hydrogen (secondary N) is 1. The van der Waals surface area contributed by atoms with Crippen LogP contribution in [0, 0.1) is 12.3 Å². The van der Waals surface area contributed by atoms with E-state index in [-0.39, 0.29) is 21.6 Å². The lowest BCUT2D eigenvalue weighted by Gasteiger charge is -2.34. The monoisotopic (exact) mass is 521 g/mol. The van der Waals surface area contributed by atoms with Crippen molar-refractivity contribution in [3.63, 3.8) is 0 Å². The van der Waals surface area contributed by atoms with E-state index in [2.05, 4.69) is 39.9 Å². The Bertz CT molecular complexity index is 1520. The topological polar surface area (TPSA) is 81.9 Å². The standard InChI is InChI=1S/C29H35N3O4S/c1-20-15-16-32-25(17-20)30-26(27(32)31-29(5,6)19-28(2,3)4)21-13-14-23(24(18-21)35-7)36-37(33,34)22-11-9-8-10-12-22/h8-18,31H,19H2,1-7H3. The van der Waals surface area contributed by atoms with Crippen LogP contribution in [-0.2, 0) is 10.1 Å². The predicted octanol–water partition coefficient (Wildman–Crippen LogP) is 6.71. The van der Waals surface area contributed by atoms with Crippen LogP contribution in [-0.4, -0.2) is 30.5 Å². The number of fused-ring (bicyclic) bond motifs is 1. The molecule has 2 aromatic heterocycles. The van der Waals surface area contributed by atoms with Crippen molar-refractivity contribution in [2.24, 2.45) is 5.41 Å². The molecule has 0 spiro atoms. The van der Waals surface area contributed by atoms with E-state index < -0.39 is 10.1 Å². The number of benzene rings is 2. The molecule has 7 nitrogen and oxygen atoms in total. The summed E-state index contributed by atoms with van der Waals surface area (Å²) < 4.78 is 38.6. The van der Waals surface area contributed by atoms with E-state index in [1.165, 1.54) is 19.2 Å². The average Bonchev–Trinajstić information content (AvgIpc) is 3.14. The average molecular weight is 522 g/mol. The van der Waals surface area contributed by atoms with Gasteiger partial charge in [0, 0.05) is 17.3 Å². The molecule has 196 valence electrons. The lowest BCUT2D eigenvalue weighted by atomic mass is 9.82. The highest BCUT2D eigenvalue weighted by Gasteiger charge is 2.28. The SMILES string of the molecule is COc1cc(-c2nc3cc(C)ccn3c2NC(C)(C)CC(C)(C)C)ccc1OS(=O)(=O)c1ccccc1. The van der Waals surface area contributed by atoms with E-state index in [9.17, 15) is 8.42 Å². The fourth-order valence-corrected chi connectivity index (χ4v) is 5.76. The molecule has 0 atom stereocenters. The molecule has 0 bridgehead atoms. The third kappa shape index (κ3) is 6.07. The van der Waals surface area contributed by atoms with Crippen LogP contribution in [0.4, 0.5) is 5.82 Å². The molecule has 2 aromatic carbocycles. The number of nitrogens with zero attached hydrogens (tertiary/aromatic N) is 2. The molecule has 0 aliphatic heterocycles. The van der Waals surface area contributed by atoms with Crippen molar-refractivity contribution >= 4 is 21.6 Å². The van der Waals surface area contributed by atoms with Gasteiger partial charge in [0.1, 0.15) is 22.1 Å². The number of hydrogen-bond donors (Lipinski definition) is 1. The van der Waals surface area contributed by atoms with Gasteiger partial charge in [-0.1, -0.05) is 39.0 Å². The number of anilines is 1. The van der Waals surface area contributed by atoms with Gasteiger partial charge in [-0.25, -0.2) is 4.98 Å². The van der Waals surface area contributed by atoms with Crippen LogP contribution in [0.3, 0.4) is 0 Å². The second-order valence-electron chi connectivity index (χ2n) is 11.2. The first-order valence-corrected chi connectivity index (χ1v) is 13.6. The van der Waals surface area contributed by atoms with Gasteiger partial charge >= 0.3 is 10.1 Å². The maximum atomic E-state index is 12.8. The minimum atomic E-state index is -4.01. The fourth-order valence-electron chi connectivity index (χ4n) is 4.80. The number of ether oxygens (including phenoxy) is 1. The van der Waals surface area contributed by atoms with E-state index in [4.69, 9.17) is 13.9 Å². The Morgan fingerprint density at radius 3 is 2.30 bits per heavy atom. The quantitative estimate of drug-likeness (QED) is 0.259. The number of hydrogen-bond acceptors (Lipinski definition) is 6. The first-order chi connectivity index (χ1) is 17.3. The molecular weight excluding hydrogens is 486 g/mol. The fraction of sp³-hybridized carbons (Fsp3) is 0.345. The summed E-state index contributed by atoms with van der Waals surface area (Å²) in [7, 11) is -2.52. The Morgan fingerprint density at radius 2 is 1.65 bits per heavy atom. The van der Waals surface area contributed by atoms with Crippen molar-refractivity contribution in [2.45, 2.75) is 58.4 Å². The highest BCUT2D eigenvalue weighted by molar-refractivity contribution is 7.87. The summed E-state index contributed by atoms with van der Waals surface area (Å²) in [4.78, 5) is 5.01. The first kappa shape index (κ1) is 26.5. The van der Waals surface area contributed by atoms with Crippen molar-refractivity contribution in [3.05, 3.63) is 72.4 Å². The third-order valence-electron chi connectivity index (χ3n) is 5.88. The molecule has 4 rings (SSSR count). The first-order valence-electron chi connectivity index (χ1n) is 12.2. The summed E-state index contributed by atoms with van der Waals surface area (Å²) >= 11 is 0. The number of methoxy groups -OCH3 is 1. The number of imidazole rings is 1. The highest BCUT2D eigenvalue weighted by atomic mass is 32.2. The maximum absolute atomic E-state index is 12.8. The van der Waals surface area contributed by atoms with E-state index in [0.29, 0.717) is 5.75 Å². The largest absolute Gasteiger partial charge is 0.493 e. The summed E-state index contributed by atoms with van der Waals surface area (Å²) in [6.45, 7) is 13.1. The van der Waals surface area contributed by atoms with Crippen LogP contribution < -0.4 is 14.2 Å². The number of aromatic nitrogens is 2. The maximum Gasteiger partial charge on any atom is 0.339 e. The second kappa shape index (κ2) is 9.74. The van der Waals surface area contributed by atoms with Crippen molar-refractivity contribution in [2.75, 3.05) is 12.4 Å². The van der Waals surface area contributed by atoms with Crippen LogP contribution in [0.25, 0.3) is 16.9 Å². The molecule has 0 saturated carbocycles. The van der Waals surface area contributed by atoms with E-state index >= 15 is 0 Å². The van der Waals surface area contributed by atoms with Crippen LogP contribution in [0.2, 0.25) is 0 Å². The van der Waals surface area contributed by atoms with Crippen molar-refractivity contribution < 1.29 is 17.3 Å². The number of rotatable bonds is 8. The zero-order valence-corrected chi connectivity index (χ0v) is 23.3. The molecule has 0 aliphatic carbocycles. The summed E-state index contributed by atoms with van der Waals surface area (Å²) in [6, 6.07) is 17.3. The van der Waals surface area contributed by atoms with E-state index in [1.54, 1.807) is 36.4 Å². The highest BCUT2D eigenvalue weighted by Crippen LogP contribution is 2.39. The predicted molar refractivity (Wildman–Crippen MR) is 148 cm³/mol. The molecule has 37 heavy (non-hydrogen) atoms. The van der Waals surface area contributed by atoms with Gasteiger partial charge in [0.25, 0.3) is 0 Å². The Morgan fingerprint density at radius 1 is 0.946 bits per heavy atom. The molecular formula is C29H35N3O4S. The molecule has 0 amide bonds. The van der Waals surface area contributed by atoms with Crippen LogP contribution in [0.15, 0.2) is 71.8 Å². The zero-order chi connectivity index (χ0) is 27.0. The molecule has 0 aliphatic rings. The summed E-state index contributed by atoms with van der Waals surface area (Å²) in [5, 5.41) is 3.73. The van der Waals surface area contributed by atoms with Gasteiger partial charge in [-0.3, -0.25) is 4.40 Å². The van der Waals surface area contributed by atoms with E-state index in [0.717, 1.165) is 34.7 Å². The van der Waals surface area contributed by atoms with Gasteiger partial charge in [-0.15, -0.1) is 0 Å². The minimum absolute atomic E-state index is 0.0735. The van der Waals surface area contributed by atoms with Crippen molar-refractivity contribution in [1.29, 1.82) is 0 Å². The van der Waals surface area contributed by atoms with Gasteiger partial charge in [0.15, 0.2) is 11.5 Å². The number of aryl methyl sites for hydroxylation is 1. The molecule has 0 fully saturated rings. The van der Waals surface area contributed by atoms with Gasteiger partial charge in [-0.2, -0.15) is 8.42 Å². The molecule has 1 N–H and O–H groups in total. The Hall–Kier alpha value is -3.52. The van der Waals surface area contributed by atoms with Crippen LogP contribution in [0.5, 0.6) is 11.5 Å². The molecule has 0 unspecified atom stereocenters. The summed E-state index contributed by atoms with van der Waals surface area (Å²) in [6.07, 6.45) is 2.95. The molecule has 0 saturated heterocycles. The molecule has 4 aromatic rings. The lowest BCUT2D eigenvalue weighted by Crippen LogP contribution is -2.36. The van der Waals surface area contributed by atoms with Gasteiger partial charge in [-0.05, 0) is 80.6 Å². The minimum Gasteiger partial charge on any atom is -0.493 e. The van der Waals surface area contributed by atoms with Gasteiger partial charge in [0.2, 0.25) is 0 Å².